The summed E-state index contributed by atoms with van der Waals surface area (Å²) in [5.74, 6) is 1.00. The van der Waals surface area contributed by atoms with Crippen LogP contribution in [0, 0.1) is 6.92 Å². The van der Waals surface area contributed by atoms with Gasteiger partial charge in [0.2, 0.25) is 0 Å². The van der Waals surface area contributed by atoms with Crippen molar-refractivity contribution >= 4 is 11.5 Å². The summed E-state index contributed by atoms with van der Waals surface area (Å²) in [7, 11) is 4.04. The van der Waals surface area contributed by atoms with Crippen molar-refractivity contribution < 1.29 is 0 Å². The third-order valence-corrected chi connectivity index (χ3v) is 3.40. The average molecular weight is 269 g/mol. The first-order valence-corrected chi connectivity index (χ1v) is 7.09. The number of nitrogens with zero attached hydrogens (tertiary/aromatic N) is 2. The Kier molecular flexibility index (Phi) is 4.74. The van der Waals surface area contributed by atoms with Crippen LogP contribution < -0.4 is 10.2 Å². The molecular weight excluding hydrogens is 246 g/mol. The molecule has 0 aliphatic rings. The van der Waals surface area contributed by atoms with Crippen molar-refractivity contribution in [1.29, 1.82) is 0 Å². The number of aromatic nitrogens is 1. The van der Waals surface area contributed by atoms with E-state index < -0.39 is 0 Å². The SMILES string of the molecule is CCc1cc(CNC)cc(N(C)c2cccc(C)c2)n1. The lowest BCUT2D eigenvalue weighted by Gasteiger charge is -2.20. The average Bonchev–Trinajstić information content (AvgIpc) is 2.46. The molecule has 2 rings (SSSR count). The summed E-state index contributed by atoms with van der Waals surface area (Å²) in [5.41, 5.74) is 4.83. The normalized spacial score (nSPS) is 10.6. The molecule has 106 valence electrons. The van der Waals surface area contributed by atoms with Crippen molar-refractivity contribution in [3.63, 3.8) is 0 Å². The van der Waals surface area contributed by atoms with Crippen molar-refractivity contribution in [2.45, 2.75) is 26.8 Å². The number of anilines is 2. The van der Waals surface area contributed by atoms with Gasteiger partial charge in [0.1, 0.15) is 5.82 Å². The molecule has 20 heavy (non-hydrogen) atoms. The van der Waals surface area contributed by atoms with E-state index in [9.17, 15) is 0 Å². The highest BCUT2D eigenvalue weighted by Crippen LogP contribution is 2.24. The maximum atomic E-state index is 4.74. The molecule has 0 aliphatic heterocycles. The molecule has 3 nitrogen and oxygen atoms in total. The molecule has 0 radical (unpaired) electrons. The third kappa shape index (κ3) is 3.36. The van der Waals surface area contributed by atoms with E-state index in [1.165, 1.54) is 16.8 Å². The van der Waals surface area contributed by atoms with Crippen LogP contribution in [-0.2, 0) is 13.0 Å². The molecule has 0 spiro atoms. The molecule has 0 unspecified atom stereocenters. The summed E-state index contributed by atoms with van der Waals surface area (Å²) < 4.78 is 0. The van der Waals surface area contributed by atoms with Gasteiger partial charge >= 0.3 is 0 Å². The van der Waals surface area contributed by atoms with Crippen molar-refractivity contribution in [2.75, 3.05) is 19.0 Å². The zero-order valence-corrected chi connectivity index (χ0v) is 12.8. The number of aryl methyl sites for hydroxylation is 2. The zero-order valence-electron chi connectivity index (χ0n) is 12.8. The molecule has 1 N–H and O–H groups in total. The number of benzene rings is 1. The summed E-state index contributed by atoms with van der Waals surface area (Å²) in [6.07, 6.45) is 0.951. The van der Waals surface area contributed by atoms with E-state index in [0.717, 1.165) is 24.5 Å². The summed E-state index contributed by atoms with van der Waals surface area (Å²) in [5, 5.41) is 3.20. The monoisotopic (exact) mass is 269 g/mol. The first-order valence-electron chi connectivity index (χ1n) is 7.09. The fraction of sp³-hybridized carbons (Fsp3) is 0.353. The van der Waals surface area contributed by atoms with Crippen LogP contribution in [0.1, 0.15) is 23.7 Å². The molecule has 2 aromatic rings. The van der Waals surface area contributed by atoms with Gasteiger partial charge in [-0.3, -0.25) is 0 Å². The van der Waals surface area contributed by atoms with Crippen LogP contribution in [0.5, 0.6) is 0 Å². The molecule has 0 saturated heterocycles. The summed E-state index contributed by atoms with van der Waals surface area (Å²) in [6, 6.07) is 12.8. The van der Waals surface area contributed by atoms with Crippen LogP contribution in [-0.4, -0.2) is 19.1 Å². The van der Waals surface area contributed by atoms with E-state index in [4.69, 9.17) is 4.98 Å². The maximum Gasteiger partial charge on any atom is 0.133 e. The lowest BCUT2D eigenvalue weighted by molar-refractivity contribution is 0.811. The minimum Gasteiger partial charge on any atom is -0.329 e. The fourth-order valence-corrected chi connectivity index (χ4v) is 2.26. The first-order chi connectivity index (χ1) is 9.63. The van der Waals surface area contributed by atoms with Crippen LogP contribution in [0.15, 0.2) is 36.4 Å². The van der Waals surface area contributed by atoms with Gasteiger partial charge in [0.15, 0.2) is 0 Å². The lowest BCUT2D eigenvalue weighted by Crippen LogP contribution is -2.14. The molecular formula is C17H23N3. The Morgan fingerprint density at radius 2 is 2.00 bits per heavy atom. The second-order valence-electron chi connectivity index (χ2n) is 5.11. The van der Waals surface area contributed by atoms with Gasteiger partial charge in [0.25, 0.3) is 0 Å². The van der Waals surface area contributed by atoms with Gasteiger partial charge in [-0.15, -0.1) is 0 Å². The van der Waals surface area contributed by atoms with Gasteiger partial charge in [0.05, 0.1) is 0 Å². The minimum atomic E-state index is 0.865. The smallest absolute Gasteiger partial charge is 0.133 e. The standard InChI is InChI=1S/C17H23N3/c1-5-15-10-14(12-18-3)11-17(19-15)20(4)16-8-6-7-13(2)9-16/h6-11,18H,5,12H2,1-4H3. The van der Waals surface area contributed by atoms with E-state index in [-0.39, 0.29) is 0 Å². The summed E-state index contributed by atoms with van der Waals surface area (Å²) in [6.45, 7) is 5.12. The van der Waals surface area contributed by atoms with Crippen molar-refractivity contribution in [3.8, 4) is 0 Å². The number of pyridine rings is 1. The molecule has 0 fully saturated rings. The van der Waals surface area contributed by atoms with Crippen LogP contribution in [0.4, 0.5) is 11.5 Å². The predicted octanol–water partition coefficient (Wildman–Crippen LogP) is 3.44. The number of nitrogens with one attached hydrogen (secondary N) is 1. The highest BCUT2D eigenvalue weighted by atomic mass is 15.2. The zero-order chi connectivity index (χ0) is 14.5. The number of hydrogen-bond acceptors (Lipinski definition) is 3. The summed E-state index contributed by atoms with van der Waals surface area (Å²) >= 11 is 0. The molecule has 0 saturated carbocycles. The molecule has 1 heterocycles. The molecule has 0 bridgehead atoms. The van der Waals surface area contributed by atoms with Crippen molar-refractivity contribution in [3.05, 3.63) is 53.2 Å². The van der Waals surface area contributed by atoms with Crippen LogP contribution in [0.3, 0.4) is 0 Å². The van der Waals surface area contributed by atoms with E-state index in [0.29, 0.717) is 0 Å². The van der Waals surface area contributed by atoms with E-state index in [1.54, 1.807) is 0 Å². The quantitative estimate of drug-likeness (QED) is 0.901. The molecule has 0 atom stereocenters. The largest absolute Gasteiger partial charge is 0.329 e. The Balaban J connectivity index is 2.37. The maximum absolute atomic E-state index is 4.74. The fourth-order valence-electron chi connectivity index (χ4n) is 2.26. The highest BCUT2D eigenvalue weighted by Gasteiger charge is 2.08. The Morgan fingerprint density at radius 1 is 1.20 bits per heavy atom. The van der Waals surface area contributed by atoms with Crippen molar-refractivity contribution in [1.82, 2.24) is 10.3 Å². The Hall–Kier alpha value is -1.87. The summed E-state index contributed by atoms with van der Waals surface area (Å²) in [4.78, 5) is 6.88. The van der Waals surface area contributed by atoms with Gasteiger partial charge in [-0.05, 0) is 55.8 Å². The Morgan fingerprint density at radius 3 is 2.65 bits per heavy atom. The second kappa shape index (κ2) is 6.53. The van der Waals surface area contributed by atoms with Crippen LogP contribution in [0.2, 0.25) is 0 Å². The van der Waals surface area contributed by atoms with Gasteiger partial charge < -0.3 is 10.2 Å². The Bertz CT molecular complexity index is 578. The molecule has 0 amide bonds. The molecule has 1 aromatic carbocycles. The topological polar surface area (TPSA) is 28.2 Å². The molecule has 0 aliphatic carbocycles. The van der Waals surface area contributed by atoms with Crippen molar-refractivity contribution in [2.24, 2.45) is 0 Å². The lowest BCUT2D eigenvalue weighted by atomic mass is 10.1. The Labute approximate surface area is 121 Å². The minimum absolute atomic E-state index is 0.865. The van der Waals surface area contributed by atoms with Gasteiger partial charge in [0, 0.05) is 25.0 Å². The van der Waals surface area contributed by atoms with Gasteiger partial charge in [-0.1, -0.05) is 19.1 Å². The van der Waals surface area contributed by atoms with Gasteiger partial charge in [-0.2, -0.15) is 0 Å². The molecule has 1 aromatic heterocycles. The van der Waals surface area contributed by atoms with Crippen LogP contribution >= 0.6 is 0 Å². The number of hydrogen-bond donors (Lipinski definition) is 1. The number of rotatable bonds is 5. The van der Waals surface area contributed by atoms with E-state index in [2.05, 4.69) is 67.5 Å². The first kappa shape index (κ1) is 14.5. The predicted molar refractivity (Wildman–Crippen MR) is 85.6 cm³/mol. The third-order valence-electron chi connectivity index (χ3n) is 3.40. The molecule has 3 heteroatoms. The highest BCUT2D eigenvalue weighted by molar-refractivity contribution is 5.60. The van der Waals surface area contributed by atoms with E-state index >= 15 is 0 Å². The van der Waals surface area contributed by atoms with Gasteiger partial charge in [-0.25, -0.2) is 4.98 Å². The van der Waals surface area contributed by atoms with E-state index in [1.807, 2.05) is 7.05 Å². The van der Waals surface area contributed by atoms with Crippen LogP contribution in [0.25, 0.3) is 0 Å². The second-order valence-corrected chi connectivity index (χ2v) is 5.11.